The summed E-state index contributed by atoms with van der Waals surface area (Å²) in [6.07, 6.45) is 8.48. The second-order valence-electron chi connectivity index (χ2n) is 8.00. The monoisotopic (exact) mass is 435 g/mol. The Balaban J connectivity index is 1.62. The van der Waals surface area contributed by atoms with Gasteiger partial charge in [0.25, 0.3) is 5.69 Å². The maximum atomic E-state index is 11.3. The molecule has 168 valence electrons. The summed E-state index contributed by atoms with van der Waals surface area (Å²) in [7, 11) is 0. The maximum absolute atomic E-state index is 11.3. The molecule has 1 fully saturated rings. The van der Waals surface area contributed by atoms with Gasteiger partial charge in [-0.3, -0.25) is 20.0 Å². The maximum Gasteiger partial charge on any atom is 0.271 e. The minimum atomic E-state index is -0.377. The highest BCUT2D eigenvalue weighted by Gasteiger charge is 2.22. The average Bonchev–Trinajstić information content (AvgIpc) is 3.20. The number of hydrogen-bond donors (Lipinski definition) is 0. The largest absolute Gasteiger partial charge is 0.356 e. The number of nitro benzene ring substituents is 1. The number of nitrogens with zero attached hydrogens (tertiary/aromatic N) is 5. The van der Waals surface area contributed by atoms with Crippen LogP contribution in [-0.2, 0) is 11.3 Å². The lowest BCUT2D eigenvalue weighted by atomic mass is 10.1. The Bertz CT molecular complexity index is 1100. The molecule has 0 aliphatic carbocycles. The summed E-state index contributed by atoms with van der Waals surface area (Å²) < 4.78 is 7.70. The first-order valence-electron chi connectivity index (χ1n) is 11.2. The van der Waals surface area contributed by atoms with Crippen molar-refractivity contribution in [2.75, 3.05) is 19.7 Å². The molecule has 1 saturated heterocycles. The Hall–Kier alpha value is -3.10. The van der Waals surface area contributed by atoms with Crippen molar-refractivity contribution in [2.24, 2.45) is 0 Å². The fraction of sp³-hybridized carbons (Fsp3) is 0.417. The number of rotatable bonds is 8. The molecule has 0 bridgehead atoms. The molecule has 0 N–H and O–H groups in total. The molecule has 3 heterocycles. The Morgan fingerprint density at radius 2 is 2.06 bits per heavy atom. The van der Waals surface area contributed by atoms with E-state index in [-0.39, 0.29) is 16.8 Å². The highest BCUT2D eigenvalue weighted by molar-refractivity contribution is 5.91. The van der Waals surface area contributed by atoms with Gasteiger partial charge in [0, 0.05) is 36.9 Å². The van der Waals surface area contributed by atoms with Crippen LogP contribution in [0.15, 0.2) is 36.5 Å². The zero-order valence-electron chi connectivity index (χ0n) is 18.6. The lowest BCUT2D eigenvalue weighted by molar-refractivity contribution is -0.384. The number of benzene rings is 1. The van der Waals surface area contributed by atoms with Crippen molar-refractivity contribution in [3.63, 3.8) is 0 Å². The van der Waals surface area contributed by atoms with Crippen LogP contribution in [0.1, 0.15) is 56.3 Å². The summed E-state index contributed by atoms with van der Waals surface area (Å²) in [5, 5.41) is 16.9. The van der Waals surface area contributed by atoms with Gasteiger partial charge in [-0.05, 0) is 62.2 Å². The van der Waals surface area contributed by atoms with Crippen molar-refractivity contribution in [2.45, 2.75) is 45.9 Å². The van der Waals surface area contributed by atoms with E-state index in [0.29, 0.717) is 12.1 Å². The summed E-state index contributed by atoms with van der Waals surface area (Å²) >= 11 is 0. The van der Waals surface area contributed by atoms with Crippen LogP contribution >= 0.6 is 0 Å². The van der Waals surface area contributed by atoms with Crippen molar-refractivity contribution < 1.29 is 9.66 Å². The zero-order valence-corrected chi connectivity index (χ0v) is 18.6. The van der Waals surface area contributed by atoms with Crippen molar-refractivity contribution in [3.8, 4) is 0 Å². The van der Waals surface area contributed by atoms with Gasteiger partial charge in [-0.1, -0.05) is 19.9 Å². The van der Waals surface area contributed by atoms with E-state index in [1.807, 2.05) is 24.4 Å². The van der Waals surface area contributed by atoms with E-state index in [1.54, 1.807) is 16.8 Å². The van der Waals surface area contributed by atoms with Crippen molar-refractivity contribution in [1.82, 2.24) is 19.7 Å². The number of pyridine rings is 1. The van der Waals surface area contributed by atoms with Gasteiger partial charge in [0.15, 0.2) is 6.23 Å². The summed E-state index contributed by atoms with van der Waals surface area (Å²) in [6, 6.07) is 8.97. The number of aromatic nitrogens is 3. The number of fused-ring (bicyclic) bond motifs is 1. The van der Waals surface area contributed by atoms with Crippen LogP contribution in [0.2, 0.25) is 0 Å². The van der Waals surface area contributed by atoms with E-state index >= 15 is 0 Å². The third kappa shape index (κ3) is 4.87. The molecule has 1 aliphatic heterocycles. The van der Waals surface area contributed by atoms with Crippen LogP contribution in [0.3, 0.4) is 0 Å². The molecular weight excluding hydrogens is 406 g/mol. The van der Waals surface area contributed by atoms with Crippen LogP contribution in [0.4, 0.5) is 5.69 Å². The second-order valence-corrected chi connectivity index (χ2v) is 8.00. The fourth-order valence-electron chi connectivity index (χ4n) is 4.02. The molecule has 0 spiro atoms. The highest BCUT2D eigenvalue weighted by atomic mass is 16.6. The van der Waals surface area contributed by atoms with Gasteiger partial charge < -0.3 is 4.74 Å². The first kappa shape index (κ1) is 22.1. The summed E-state index contributed by atoms with van der Waals surface area (Å²) in [6.45, 7) is 7.90. The van der Waals surface area contributed by atoms with Gasteiger partial charge in [-0.15, -0.1) is 0 Å². The smallest absolute Gasteiger partial charge is 0.271 e. The minimum absolute atomic E-state index is 0.0513. The number of nitro groups is 1. The van der Waals surface area contributed by atoms with Crippen molar-refractivity contribution in [3.05, 3.63) is 63.6 Å². The molecule has 32 heavy (non-hydrogen) atoms. The quantitative estimate of drug-likeness (QED) is 0.363. The molecule has 0 saturated carbocycles. The minimum Gasteiger partial charge on any atom is -0.356 e. The summed E-state index contributed by atoms with van der Waals surface area (Å²) in [5.74, 6) is 0. The van der Waals surface area contributed by atoms with E-state index in [0.717, 1.165) is 55.7 Å². The van der Waals surface area contributed by atoms with Gasteiger partial charge in [0.05, 0.1) is 21.8 Å². The predicted octanol–water partition coefficient (Wildman–Crippen LogP) is 5.05. The topological polar surface area (TPSA) is 86.3 Å². The number of non-ortho nitro benzene ring substituents is 1. The second kappa shape index (κ2) is 10.0. The lowest BCUT2D eigenvalue weighted by Crippen LogP contribution is -2.22. The molecule has 1 atom stereocenters. The zero-order chi connectivity index (χ0) is 22.5. The van der Waals surface area contributed by atoms with E-state index < -0.39 is 0 Å². The number of ether oxygens (including phenoxy) is 1. The molecule has 8 nitrogen and oxygen atoms in total. The Morgan fingerprint density at radius 3 is 2.72 bits per heavy atom. The van der Waals surface area contributed by atoms with E-state index in [1.165, 1.54) is 11.6 Å². The van der Waals surface area contributed by atoms with Crippen LogP contribution in [0.25, 0.3) is 23.1 Å². The van der Waals surface area contributed by atoms with E-state index in [2.05, 4.69) is 29.8 Å². The van der Waals surface area contributed by atoms with Gasteiger partial charge in [-0.25, -0.2) is 4.68 Å². The summed E-state index contributed by atoms with van der Waals surface area (Å²) in [5.41, 5.74) is 3.54. The molecule has 4 rings (SSSR count). The molecule has 2 aromatic heterocycles. The molecule has 1 unspecified atom stereocenters. The molecule has 0 amide bonds. The van der Waals surface area contributed by atoms with Crippen LogP contribution < -0.4 is 0 Å². The van der Waals surface area contributed by atoms with Crippen LogP contribution in [0.5, 0.6) is 0 Å². The lowest BCUT2D eigenvalue weighted by Gasteiger charge is -2.23. The Labute approximate surface area is 187 Å². The number of hydrogen-bond acceptors (Lipinski definition) is 6. The SMILES string of the molecule is CCN(CC)Cc1ccc(/C=C/c2nn(C3CCCCO3)c3cc([N+](=O)[O-])ccc23)nc1. The molecule has 0 radical (unpaired) electrons. The molecular formula is C24H29N5O3. The summed E-state index contributed by atoms with van der Waals surface area (Å²) in [4.78, 5) is 17.8. The first-order chi connectivity index (χ1) is 15.6. The molecule has 1 aliphatic rings. The Morgan fingerprint density at radius 1 is 1.22 bits per heavy atom. The predicted molar refractivity (Wildman–Crippen MR) is 125 cm³/mol. The third-order valence-electron chi connectivity index (χ3n) is 5.92. The van der Waals surface area contributed by atoms with Crippen molar-refractivity contribution >= 4 is 28.7 Å². The van der Waals surface area contributed by atoms with E-state index in [9.17, 15) is 10.1 Å². The van der Waals surface area contributed by atoms with E-state index in [4.69, 9.17) is 9.84 Å². The van der Waals surface area contributed by atoms with Gasteiger partial charge >= 0.3 is 0 Å². The standard InChI is InChI=1S/C24H29N5O3/c1-3-27(4-2)17-18-8-9-19(25-16-18)10-13-22-21-12-11-20(29(30)31)15-23(21)28(26-22)24-7-5-6-14-32-24/h8-13,15-16,24H,3-7,14,17H2,1-2H3/b13-10+. The van der Waals surface area contributed by atoms with Crippen LogP contribution in [0, 0.1) is 10.1 Å². The fourth-order valence-corrected chi connectivity index (χ4v) is 4.02. The van der Waals surface area contributed by atoms with Gasteiger partial charge in [0.1, 0.15) is 0 Å². The molecule has 3 aromatic rings. The van der Waals surface area contributed by atoms with Crippen molar-refractivity contribution in [1.29, 1.82) is 0 Å². The normalized spacial score (nSPS) is 16.9. The third-order valence-corrected chi connectivity index (χ3v) is 5.92. The molecule has 8 heteroatoms. The Kier molecular flexibility index (Phi) is 6.92. The van der Waals surface area contributed by atoms with Crippen LogP contribution in [-0.4, -0.2) is 44.3 Å². The first-order valence-corrected chi connectivity index (χ1v) is 11.2. The van der Waals surface area contributed by atoms with Gasteiger partial charge in [0.2, 0.25) is 0 Å². The average molecular weight is 436 g/mol. The molecule has 1 aromatic carbocycles. The highest BCUT2D eigenvalue weighted by Crippen LogP contribution is 2.31. The van der Waals surface area contributed by atoms with Gasteiger partial charge in [-0.2, -0.15) is 5.10 Å².